The number of carbonyl (C=O) groups excluding carboxylic acids is 2. The van der Waals surface area contributed by atoms with Crippen LogP contribution >= 0.6 is 0 Å². The average molecular weight is 767 g/mol. The third-order valence-corrected chi connectivity index (χ3v) is 10.4. The van der Waals surface area contributed by atoms with E-state index < -0.39 is 18.1 Å². The van der Waals surface area contributed by atoms with Gasteiger partial charge in [0.15, 0.2) is 12.1 Å². The zero-order valence-electron chi connectivity index (χ0n) is 36.2. The fourth-order valence-electron chi connectivity index (χ4n) is 6.85. The molecule has 318 valence electrons. The van der Waals surface area contributed by atoms with Crippen molar-refractivity contribution in [1.82, 2.24) is 0 Å². The Morgan fingerprint density at radius 3 is 1.33 bits per heavy atom. The number of carbonyl (C=O) groups is 3. The maximum absolute atomic E-state index is 12.7. The lowest BCUT2D eigenvalue weighted by atomic mass is 10.1. The van der Waals surface area contributed by atoms with Gasteiger partial charge in [-0.25, -0.2) is 4.79 Å². The van der Waals surface area contributed by atoms with E-state index in [-0.39, 0.29) is 36.2 Å². The summed E-state index contributed by atoms with van der Waals surface area (Å²) in [6, 6.07) is -0.610. The van der Waals surface area contributed by atoms with E-state index in [1.807, 2.05) is 21.1 Å². The second-order valence-electron chi connectivity index (χ2n) is 16.7. The smallest absolute Gasteiger partial charge is 0.362 e. The SMILES string of the molecule is CCCCCCCCCCC/C=C/CCCCCCCCCC(=O)OCC(COCCC(C(=O)O)[N+](C)(C)C)OC(=O)CCCCCCCCCCCC. The number of quaternary nitrogens is 1. The lowest BCUT2D eigenvalue weighted by Crippen LogP contribution is -2.50. The molecule has 0 heterocycles. The summed E-state index contributed by atoms with van der Waals surface area (Å²) in [4.78, 5) is 36.9. The maximum atomic E-state index is 12.7. The van der Waals surface area contributed by atoms with E-state index in [4.69, 9.17) is 14.2 Å². The number of hydrogen-bond donors (Lipinski definition) is 1. The molecule has 54 heavy (non-hydrogen) atoms. The minimum atomic E-state index is -0.873. The Kier molecular flexibility index (Phi) is 36.6. The predicted octanol–water partition coefficient (Wildman–Crippen LogP) is 12.3. The van der Waals surface area contributed by atoms with Crippen molar-refractivity contribution in [1.29, 1.82) is 0 Å². The normalized spacial score (nSPS) is 13.0. The maximum Gasteiger partial charge on any atom is 0.362 e. The highest BCUT2D eigenvalue weighted by atomic mass is 16.6. The molecule has 0 fully saturated rings. The highest BCUT2D eigenvalue weighted by Crippen LogP contribution is 2.15. The topological polar surface area (TPSA) is 99.1 Å². The first-order chi connectivity index (χ1) is 26.1. The van der Waals surface area contributed by atoms with Crippen molar-refractivity contribution in [3.63, 3.8) is 0 Å². The van der Waals surface area contributed by atoms with Crippen molar-refractivity contribution in [2.45, 2.75) is 225 Å². The number of aliphatic carboxylic acids is 1. The molecular weight excluding hydrogens is 679 g/mol. The molecule has 0 amide bonds. The summed E-state index contributed by atoms with van der Waals surface area (Å²) in [7, 11) is 5.53. The van der Waals surface area contributed by atoms with Gasteiger partial charge in [0.2, 0.25) is 0 Å². The Morgan fingerprint density at radius 2 is 0.926 bits per heavy atom. The second-order valence-corrected chi connectivity index (χ2v) is 16.7. The molecule has 0 rings (SSSR count). The number of carboxylic acid groups (broad SMARTS) is 1. The van der Waals surface area contributed by atoms with E-state index in [1.54, 1.807) is 0 Å². The first kappa shape index (κ1) is 52.1. The molecule has 8 nitrogen and oxygen atoms in total. The van der Waals surface area contributed by atoms with Crippen LogP contribution in [0.5, 0.6) is 0 Å². The number of allylic oxidation sites excluding steroid dienone is 2. The fraction of sp³-hybridized carbons (Fsp3) is 0.891. The van der Waals surface area contributed by atoms with Crippen LogP contribution in [-0.2, 0) is 28.6 Å². The number of rotatable bonds is 41. The average Bonchev–Trinajstić information content (AvgIpc) is 3.12. The minimum Gasteiger partial charge on any atom is -0.477 e. The standard InChI is InChI=1S/C46H87NO7/c1-6-8-10-12-14-16-18-19-20-21-22-23-24-25-26-27-29-30-32-34-36-44(48)53-41-42(40-52-39-38-43(46(50)51)47(3,4)5)54-45(49)37-35-33-31-28-17-15-13-11-9-7-2/h22-23,42-43H,6-21,24-41H2,1-5H3/p+1/b23-22+. The molecule has 0 aromatic carbocycles. The van der Waals surface area contributed by atoms with Gasteiger partial charge in [-0.1, -0.05) is 167 Å². The number of ether oxygens (including phenoxy) is 3. The van der Waals surface area contributed by atoms with Crippen LogP contribution in [0.25, 0.3) is 0 Å². The molecule has 2 unspecified atom stereocenters. The van der Waals surface area contributed by atoms with Crippen molar-refractivity contribution < 1.29 is 38.2 Å². The lowest BCUT2D eigenvalue weighted by molar-refractivity contribution is -0.887. The van der Waals surface area contributed by atoms with Crippen LogP contribution < -0.4 is 0 Å². The number of hydrogen-bond acceptors (Lipinski definition) is 6. The molecule has 0 bridgehead atoms. The van der Waals surface area contributed by atoms with E-state index in [0.29, 0.717) is 19.3 Å². The van der Waals surface area contributed by atoms with Gasteiger partial charge in [-0.15, -0.1) is 0 Å². The van der Waals surface area contributed by atoms with E-state index in [0.717, 1.165) is 38.5 Å². The Morgan fingerprint density at radius 1 is 0.537 bits per heavy atom. The highest BCUT2D eigenvalue weighted by Gasteiger charge is 2.31. The summed E-state index contributed by atoms with van der Waals surface area (Å²) in [6.07, 6.45) is 39.7. The monoisotopic (exact) mass is 767 g/mol. The second kappa shape index (κ2) is 38.0. The Balaban J connectivity index is 4.21. The van der Waals surface area contributed by atoms with Crippen molar-refractivity contribution in [2.24, 2.45) is 0 Å². The van der Waals surface area contributed by atoms with Gasteiger partial charge >= 0.3 is 17.9 Å². The fourth-order valence-corrected chi connectivity index (χ4v) is 6.85. The van der Waals surface area contributed by atoms with Crippen LogP contribution in [0.4, 0.5) is 0 Å². The molecule has 0 aliphatic heterocycles. The number of likely N-dealkylation sites (N-methyl/N-ethyl adjacent to an activating group) is 1. The largest absolute Gasteiger partial charge is 0.477 e. The van der Waals surface area contributed by atoms with E-state index in [2.05, 4.69) is 26.0 Å². The van der Waals surface area contributed by atoms with Crippen molar-refractivity contribution in [3.8, 4) is 0 Å². The lowest BCUT2D eigenvalue weighted by Gasteiger charge is -2.31. The number of esters is 2. The summed E-state index contributed by atoms with van der Waals surface area (Å²) < 4.78 is 17.3. The van der Waals surface area contributed by atoms with Crippen LogP contribution in [0.2, 0.25) is 0 Å². The Bertz CT molecular complexity index is 900. The van der Waals surface area contributed by atoms with Gasteiger partial charge in [0, 0.05) is 19.3 Å². The molecule has 0 radical (unpaired) electrons. The Labute approximate surface area is 333 Å². The summed E-state index contributed by atoms with van der Waals surface area (Å²) >= 11 is 0. The van der Waals surface area contributed by atoms with E-state index >= 15 is 0 Å². The third kappa shape index (κ3) is 35.8. The minimum absolute atomic E-state index is 0.0477. The Hall–Kier alpha value is -1.93. The first-order valence-electron chi connectivity index (χ1n) is 22.7. The molecule has 0 saturated heterocycles. The summed E-state index contributed by atoms with van der Waals surface area (Å²) in [5.41, 5.74) is 0. The van der Waals surface area contributed by atoms with Gasteiger partial charge in [-0.05, 0) is 38.5 Å². The van der Waals surface area contributed by atoms with Gasteiger partial charge in [-0.3, -0.25) is 9.59 Å². The van der Waals surface area contributed by atoms with Gasteiger partial charge in [0.25, 0.3) is 0 Å². The van der Waals surface area contributed by atoms with Crippen molar-refractivity contribution >= 4 is 17.9 Å². The zero-order valence-corrected chi connectivity index (χ0v) is 36.2. The van der Waals surface area contributed by atoms with E-state index in [1.165, 1.54) is 141 Å². The molecule has 2 atom stereocenters. The zero-order chi connectivity index (χ0) is 40.0. The summed E-state index contributed by atoms with van der Waals surface area (Å²) in [5.74, 6) is -1.46. The molecule has 0 saturated carbocycles. The summed E-state index contributed by atoms with van der Waals surface area (Å²) in [5, 5.41) is 9.60. The number of carboxylic acids is 1. The van der Waals surface area contributed by atoms with Gasteiger partial charge in [0.1, 0.15) is 6.61 Å². The van der Waals surface area contributed by atoms with Crippen LogP contribution in [0, 0.1) is 0 Å². The third-order valence-electron chi connectivity index (χ3n) is 10.4. The van der Waals surface area contributed by atoms with Crippen molar-refractivity contribution in [3.05, 3.63) is 12.2 Å². The predicted molar refractivity (Wildman–Crippen MR) is 225 cm³/mol. The van der Waals surface area contributed by atoms with Crippen LogP contribution in [0.1, 0.15) is 213 Å². The van der Waals surface area contributed by atoms with Gasteiger partial charge < -0.3 is 23.8 Å². The number of nitrogens with zero attached hydrogens (tertiary/aromatic N) is 1. The number of unbranched alkanes of at least 4 members (excludes halogenated alkanes) is 25. The highest BCUT2D eigenvalue weighted by molar-refractivity contribution is 5.72. The van der Waals surface area contributed by atoms with Crippen molar-refractivity contribution in [2.75, 3.05) is 41.0 Å². The molecule has 0 aromatic heterocycles. The molecule has 1 N–H and O–H groups in total. The molecule has 0 spiro atoms. The molecule has 8 heteroatoms. The molecule has 0 aromatic rings. The summed E-state index contributed by atoms with van der Waals surface area (Å²) in [6.45, 7) is 4.74. The van der Waals surface area contributed by atoms with Gasteiger partial charge in [0.05, 0.1) is 34.4 Å². The quantitative estimate of drug-likeness (QED) is 0.0286. The molecule has 0 aliphatic rings. The van der Waals surface area contributed by atoms with Crippen LogP contribution in [-0.4, -0.2) is 80.6 Å². The van der Waals surface area contributed by atoms with E-state index in [9.17, 15) is 19.5 Å². The first-order valence-corrected chi connectivity index (χ1v) is 22.7. The molecule has 0 aliphatic carbocycles. The van der Waals surface area contributed by atoms with Crippen LogP contribution in [0.15, 0.2) is 12.2 Å². The molecular formula is C46H88NO7+. The van der Waals surface area contributed by atoms with Gasteiger partial charge in [-0.2, -0.15) is 0 Å². The van der Waals surface area contributed by atoms with Crippen LogP contribution in [0.3, 0.4) is 0 Å².